The Labute approximate surface area is 287 Å². The lowest BCUT2D eigenvalue weighted by Gasteiger charge is -2.24. The fourth-order valence-corrected chi connectivity index (χ4v) is 6.54. The second-order valence-corrected chi connectivity index (χ2v) is 12.6. The molecule has 3 aromatic carbocycles. The third-order valence-electron chi connectivity index (χ3n) is 9.24. The summed E-state index contributed by atoms with van der Waals surface area (Å²) in [6.07, 6.45) is 5.28. The molecule has 0 amide bonds. The Bertz CT molecular complexity index is 1710. The maximum Gasteiger partial charge on any atom is 0.338 e. The number of esters is 2. The number of carbonyl (C=O) groups excluding carboxylic acids is 2. The standard InChI is InChI=1S/C38H46N4O7/c1-45-34-24-31-25-35(36(34)46-2)47-21-6-11-32(14-18-41-16-7-15-40(19-20-41)17-8-22-48-37(31)43)49-38(44)29-12-13-30-26-39-42(33(30)23-29)27-28-9-4-3-5-10-28/h3-5,9-10,12-13,23-26,32H,6-8,11,14-22,27H2,1-2H3. The molecule has 2 aliphatic rings. The maximum atomic E-state index is 13.6. The fourth-order valence-electron chi connectivity index (χ4n) is 6.54. The first-order valence-corrected chi connectivity index (χ1v) is 17.2. The zero-order chi connectivity index (χ0) is 34.0. The van der Waals surface area contributed by atoms with Gasteiger partial charge in [-0.05, 0) is 75.0 Å². The average Bonchev–Trinajstić information content (AvgIpc) is 3.38. The molecule has 0 N–H and O–H groups in total. The van der Waals surface area contributed by atoms with E-state index in [1.165, 1.54) is 14.2 Å². The van der Waals surface area contributed by atoms with Crippen molar-refractivity contribution in [3.05, 3.63) is 83.6 Å². The molecule has 0 radical (unpaired) electrons. The minimum atomic E-state index is -0.431. The molecule has 6 rings (SSSR count). The number of nitrogens with zero attached hydrogens (tertiary/aromatic N) is 4. The number of cyclic esters (lactones) is 1. The van der Waals surface area contributed by atoms with Crippen molar-refractivity contribution in [1.82, 2.24) is 19.6 Å². The molecule has 49 heavy (non-hydrogen) atoms. The third kappa shape index (κ3) is 8.90. The molecule has 11 nitrogen and oxygen atoms in total. The molecule has 4 bridgehead atoms. The maximum absolute atomic E-state index is 13.6. The number of rotatable bonds is 6. The normalized spacial score (nSPS) is 20.9. The summed E-state index contributed by atoms with van der Waals surface area (Å²) in [6.45, 7) is 6.85. The van der Waals surface area contributed by atoms with Crippen molar-refractivity contribution < 1.29 is 33.3 Å². The van der Waals surface area contributed by atoms with Crippen molar-refractivity contribution in [2.45, 2.75) is 44.8 Å². The van der Waals surface area contributed by atoms with E-state index < -0.39 is 5.97 Å². The first-order chi connectivity index (χ1) is 24.0. The molecular weight excluding hydrogens is 624 g/mol. The molecule has 0 spiro atoms. The molecule has 260 valence electrons. The van der Waals surface area contributed by atoms with E-state index >= 15 is 0 Å². The Morgan fingerprint density at radius 3 is 2.41 bits per heavy atom. The predicted octanol–water partition coefficient (Wildman–Crippen LogP) is 5.44. The first kappa shape index (κ1) is 34.3. The van der Waals surface area contributed by atoms with Crippen LogP contribution in [0.2, 0.25) is 0 Å². The lowest BCUT2D eigenvalue weighted by atomic mass is 10.1. The highest BCUT2D eigenvalue weighted by Crippen LogP contribution is 2.39. The predicted molar refractivity (Wildman–Crippen MR) is 186 cm³/mol. The highest BCUT2D eigenvalue weighted by atomic mass is 16.5. The Balaban J connectivity index is 1.19. The fraction of sp³-hybridized carbons (Fsp3) is 0.447. The van der Waals surface area contributed by atoms with Gasteiger partial charge >= 0.3 is 11.9 Å². The van der Waals surface area contributed by atoms with Crippen LogP contribution in [0, 0.1) is 0 Å². The van der Waals surface area contributed by atoms with Gasteiger partial charge in [0.25, 0.3) is 0 Å². The number of fused-ring (bicyclic) bond motifs is 6. The van der Waals surface area contributed by atoms with Gasteiger partial charge < -0.3 is 33.5 Å². The van der Waals surface area contributed by atoms with E-state index in [0.717, 1.165) is 75.0 Å². The van der Waals surface area contributed by atoms with Gasteiger partial charge in [0, 0.05) is 31.6 Å². The molecule has 0 saturated carbocycles. The molecule has 3 atom stereocenters. The van der Waals surface area contributed by atoms with Gasteiger partial charge in [-0.3, -0.25) is 4.68 Å². The summed E-state index contributed by atoms with van der Waals surface area (Å²) in [6, 6.07) is 19.0. The van der Waals surface area contributed by atoms with Gasteiger partial charge in [-0.15, -0.1) is 0 Å². The summed E-state index contributed by atoms with van der Waals surface area (Å²) in [4.78, 5) is 31.5. The highest BCUT2D eigenvalue weighted by molar-refractivity contribution is 5.94. The minimum absolute atomic E-state index is 0.305. The third-order valence-corrected chi connectivity index (χ3v) is 9.24. The zero-order valence-corrected chi connectivity index (χ0v) is 28.5. The number of ether oxygens (including phenoxy) is 5. The summed E-state index contributed by atoms with van der Waals surface area (Å²) in [5.74, 6) is 0.410. The van der Waals surface area contributed by atoms with E-state index in [1.807, 2.05) is 47.3 Å². The van der Waals surface area contributed by atoms with Crippen molar-refractivity contribution in [1.29, 1.82) is 0 Å². The lowest BCUT2D eigenvalue weighted by molar-refractivity contribution is 0.0221. The molecular formula is C38H46N4O7. The molecule has 11 heteroatoms. The molecule has 1 saturated heterocycles. The summed E-state index contributed by atoms with van der Waals surface area (Å²) >= 11 is 0. The van der Waals surface area contributed by atoms with E-state index in [1.54, 1.807) is 12.1 Å². The second-order valence-electron chi connectivity index (χ2n) is 12.6. The van der Waals surface area contributed by atoms with Gasteiger partial charge in [-0.2, -0.15) is 5.10 Å². The van der Waals surface area contributed by atoms with Crippen LogP contribution < -0.4 is 14.2 Å². The SMILES string of the molecule is COc1cc2cc(c1OC)OCCCC(OC(=O)c1ccc3cnn(Cc4ccccc4)c3c1)CCN1CCCN(CCCOC2=O)CC1. The van der Waals surface area contributed by atoms with Crippen LogP contribution in [0.25, 0.3) is 10.9 Å². The van der Waals surface area contributed by atoms with Crippen LogP contribution >= 0.6 is 0 Å². The van der Waals surface area contributed by atoms with Gasteiger partial charge in [-0.25, -0.2) is 9.59 Å². The Hall–Kier alpha value is -4.61. The first-order valence-electron chi connectivity index (χ1n) is 17.2. The van der Waals surface area contributed by atoms with Crippen LogP contribution in [-0.4, -0.2) is 104 Å². The van der Waals surface area contributed by atoms with Crippen molar-refractivity contribution >= 4 is 22.8 Å². The number of hydrogen-bond donors (Lipinski definition) is 0. The van der Waals surface area contributed by atoms with Gasteiger partial charge in [0.15, 0.2) is 11.5 Å². The van der Waals surface area contributed by atoms with Crippen LogP contribution in [0.1, 0.15) is 58.4 Å². The van der Waals surface area contributed by atoms with Crippen LogP contribution in [0.4, 0.5) is 0 Å². The topological polar surface area (TPSA) is 105 Å². The van der Waals surface area contributed by atoms with Crippen molar-refractivity contribution in [3.8, 4) is 17.2 Å². The second kappa shape index (κ2) is 16.7. The molecule has 3 unspecified atom stereocenters. The van der Waals surface area contributed by atoms with Crippen LogP contribution in [0.15, 0.2) is 66.9 Å². The van der Waals surface area contributed by atoms with Crippen molar-refractivity contribution in [3.63, 3.8) is 0 Å². The molecule has 1 fully saturated rings. The Morgan fingerprint density at radius 2 is 1.61 bits per heavy atom. The van der Waals surface area contributed by atoms with Crippen molar-refractivity contribution in [2.24, 2.45) is 0 Å². The van der Waals surface area contributed by atoms with Gasteiger partial charge in [0.05, 0.1) is 56.8 Å². The number of methoxy groups -OCH3 is 2. The number of carbonyl (C=O) groups is 2. The largest absolute Gasteiger partial charge is 0.493 e. The zero-order valence-electron chi connectivity index (χ0n) is 28.5. The lowest BCUT2D eigenvalue weighted by Crippen LogP contribution is -2.34. The molecule has 4 aromatic rings. The molecule has 2 aliphatic heterocycles. The van der Waals surface area contributed by atoms with E-state index in [-0.39, 0.29) is 12.1 Å². The summed E-state index contributed by atoms with van der Waals surface area (Å²) in [7, 11) is 3.06. The van der Waals surface area contributed by atoms with Crippen molar-refractivity contribution in [2.75, 3.05) is 66.7 Å². The molecule has 1 aromatic heterocycles. The van der Waals surface area contributed by atoms with Crippen LogP contribution in [-0.2, 0) is 16.0 Å². The smallest absolute Gasteiger partial charge is 0.338 e. The van der Waals surface area contributed by atoms with E-state index in [0.29, 0.717) is 61.0 Å². The van der Waals surface area contributed by atoms with E-state index in [2.05, 4.69) is 27.0 Å². The Morgan fingerprint density at radius 1 is 0.837 bits per heavy atom. The van der Waals surface area contributed by atoms with E-state index in [9.17, 15) is 9.59 Å². The summed E-state index contributed by atoms with van der Waals surface area (Å²) in [5.41, 5.74) is 2.86. The summed E-state index contributed by atoms with van der Waals surface area (Å²) in [5, 5.41) is 5.54. The number of benzene rings is 3. The van der Waals surface area contributed by atoms with Gasteiger partial charge in [0.2, 0.25) is 5.75 Å². The van der Waals surface area contributed by atoms with Crippen LogP contribution in [0.5, 0.6) is 17.2 Å². The monoisotopic (exact) mass is 670 g/mol. The highest BCUT2D eigenvalue weighted by Gasteiger charge is 2.23. The van der Waals surface area contributed by atoms with Gasteiger partial charge in [0.1, 0.15) is 6.10 Å². The molecule has 0 aliphatic carbocycles. The molecule has 3 heterocycles. The Kier molecular flexibility index (Phi) is 11.7. The quantitative estimate of drug-likeness (QED) is 0.246. The number of hydrogen-bond acceptors (Lipinski definition) is 10. The summed E-state index contributed by atoms with van der Waals surface area (Å²) < 4.78 is 31.0. The van der Waals surface area contributed by atoms with Crippen LogP contribution in [0.3, 0.4) is 0 Å². The van der Waals surface area contributed by atoms with Gasteiger partial charge in [-0.1, -0.05) is 36.4 Å². The minimum Gasteiger partial charge on any atom is -0.493 e. The average molecular weight is 671 g/mol. The van der Waals surface area contributed by atoms with E-state index in [4.69, 9.17) is 23.7 Å². The number of aromatic nitrogens is 2.